The lowest BCUT2D eigenvalue weighted by atomic mass is 10.0. The van der Waals surface area contributed by atoms with E-state index >= 15 is 0 Å². The van der Waals surface area contributed by atoms with Crippen molar-refractivity contribution >= 4 is 5.97 Å². The van der Waals surface area contributed by atoms with Gasteiger partial charge in [0.1, 0.15) is 5.54 Å². The van der Waals surface area contributed by atoms with Crippen LogP contribution in [0.1, 0.15) is 32.6 Å². The third-order valence-corrected chi connectivity index (χ3v) is 3.18. The summed E-state index contributed by atoms with van der Waals surface area (Å²) < 4.78 is 10.4. The monoisotopic (exact) mass is 227 g/mol. The van der Waals surface area contributed by atoms with Gasteiger partial charge in [-0.15, -0.1) is 0 Å². The fourth-order valence-corrected chi connectivity index (χ4v) is 1.78. The highest BCUT2D eigenvalue weighted by molar-refractivity contribution is 5.80. The molecule has 1 N–H and O–H groups in total. The Labute approximate surface area is 96.7 Å². The first-order valence-corrected chi connectivity index (χ1v) is 6.08. The highest BCUT2D eigenvalue weighted by Crippen LogP contribution is 2.29. The van der Waals surface area contributed by atoms with Crippen LogP contribution >= 0.6 is 0 Å². The van der Waals surface area contributed by atoms with Crippen molar-refractivity contribution in [3.63, 3.8) is 0 Å². The van der Waals surface area contributed by atoms with Gasteiger partial charge in [0.2, 0.25) is 0 Å². The van der Waals surface area contributed by atoms with E-state index in [-0.39, 0.29) is 5.97 Å². The predicted octanol–water partition coefficient (Wildman–Crippen LogP) is 1.10. The van der Waals surface area contributed by atoms with E-state index in [9.17, 15) is 4.79 Å². The van der Waals surface area contributed by atoms with Crippen molar-refractivity contribution in [1.29, 1.82) is 0 Å². The van der Waals surface area contributed by atoms with E-state index in [1.807, 2.05) is 6.92 Å². The molecule has 16 heavy (non-hydrogen) atoms. The predicted molar refractivity (Wildman–Crippen MR) is 60.1 cm³/mol. The lowest BCUT2D eigenvalue weighted by Gasteiger charge is -2.27. The first-order chi connectivity index (χ1) is 7.64. The quantitative estimate of drug-likeness (QED) is 0.662. The number of carbonyl (C=O) groups is 1. The minimum absolute atomic E-state index is 0.227. The number of rotatable bonds is 7. The summed E-state index contributed by atoms with van der Waals surface area (Å²) in [5, 5.41) is 3.31. The largest absolute Gasteiger partial charge is 0.468 e. The second kappa shape index (κ2) is 4.72. The maximum absolute atomic E-state index is 11.7. The van der Waals surface area contributed by atoms with Gasteiger partial charge in [0.05, 0.1) is 13.7 Å². The van der Waals surface area contributed by atoms with Gasteiger partial charge in [-0.2, -0.15) is 0 Å². The molecule has 0 aromatic rings. The molecule has 0 aromatic heterocycles. The van der Waals surface area contributed by atoms with Crippen molar-refractivity contribution in [2.45, 2.75) is 44.2 Å². The molecule has 2 fully saturated rings. The minimum atomic E-state index is -0.676. The Bertz CT molecular complexity index is 261. The van der Waals surface area contributed by atoms with E-state index in [1.54, 1.807) is 0 Å². The molecule has 0 saturated heterocycles. The molecule has 4 heteroatoms. The second-order valence-corrected chi connectivity index (χ2v) is 5.20. The minimum Gasteiger partial charge on any atom is -0.468 e. The Morgan fingerprint density at radius 2 is 2.06 bits per heavy atom. The number of methoxy groups -OCH3 is 1. The highest BCUT2D eigenvalue weighted by atomic mass is 16.5. The summed E-state index contributed by atoms with van der Waals surface area (Å²) in [6.07, 6.45) is 4.83. The third kappa shape index (κ3) is 3.19. The summed E-state index contributed by atoms with van der Waals surface area (Å²) >= 11 is 0. The zero-order valence-corrected chi connectivity index (χ0v) is 10.1. The van der Waals surface area contributed by atoms with Crippen LogP contribution in [0.15, 0.2) is 0 Å². The molecule has 92 valence electrons. The van der Waals surface area contributed by atoms with Gasteiger partial charge >= 0.3 is 5.97 Å². The van der Waals surface area contributed by atoms with E-state index in [0.717, 1.165) is 25.4 Å². The van der Waals surface area contributed by atoms with Crippen molar-refractivity contribution in [3.05, 3.63) is 0 Å². The molecule has 2 aliphatic rings. The zero-order valence-electron chi connectivity index (χ0n) is 10.1. The van der Waals surface area contributed by atoms with Gasteiger partial charge in [-0.25, -0.2) is 4.79 Å². The molecular weight excluding hydrogens is 206 g/mol. The van der Waals surface area contributed by atoms with Crippen LogP contribution in [-0.4, -0.2) is 37.9 Å². The molecule has 1 unspecified atom stereocenters. The van der Waals surface area contributed by atoms with Gasteiger partial charge in [0.15, 0.2) is 0 Å². The Morgan fingerprint density at radius 1 is 1.38 bits per heavy atom. The van der Waals surface area contributed by atoms with E-state index < -0.39 is 5.54 Å². The van der Waals surface area contributed by atoms with E-state index in [0.29, 0.717) is 12.6 Å². The van der Waals surface area contributed by atoms with Gasteiger partial charge in [-0.1, -0.05) is 0 Å². The van der Waals surface area contributed by atoms with Crippen molar-refractivity contribution < 1.29 is 14.3 Å². The maximum Gasteiger partial charge on any atom is 0.328 e. The van der Waals surface area contributed by atoms with E-state index in [1.165, 1.54) is 20.0 Å². The number of carbonyl (C=O) groups excluding carboxylic acids is 1. The van der Waals surface area contributed by atoms with E-state index in [2.05, 4.69) is 5.32 Å². The normalized spacial score (nSPS) is 23.9. The fourth-order valence-electron chi connectivity index (χ4n) is 1.78. The molecule has 1 atom stereocenters. The van der Waals surface area contributed by atoms with Crippen molar-refractivity contribution in [1.82, 2.24) is 5.32 Å². The van der Waals surface area contributed by atoms with Gasteiger partial charge in [-0.3, -0.25) is 5.32 Å². The molecule has 4 nitrogen and oxygen atoms in total. The summed E-state index contributed by atoms with van der Waals surface area (Å²) in [5.41, 5.74) is -0.676. The van der Waals surface area contributed by atoms with Crippen molar-refractivity contribution in [2.75, 3.05) is 20.3 Å². The maximum atomic E-state index is 11.7. The summed E-state index contributed by atoms with van der Waals surface area (Å²) in [6, 6.07) is 0.466. The van der Waals surface area contributed by atoms with Gasteiger partial charge in [-0.05, 0) is 38.5 Å². The van der Waals surface area contributed by atoms with Gasteiger partial charge < -0.3 is 9.47 Å². The standard InChI is InChI=1S/C12H21NO3/c1-12(11(14)15-2,13-10-5-6-10)8-16-7-9-3-4-9/h9-10,13H,3-8H2,1-2H3. The number of nitrogens with one attached hydrogen (secondary N) is 1. The SMILES string of the molecule is COC(=O)C(C)(COCC1CC1)NC1CC1. The van der Waals surface area contributed by atoms with Crippen LogP contribution in [0.25, 0.3) is 0 Å². The van der Waals surface area contributed by atoms with Crippen LogP contribution in [0.2, 0.25) is 0 Å². The average Bonchev–Trinajstić information content (AvgIpc) is 3.11. The third-order valence-electron chi connectivity index (χ3n) is 3.18. The summed E-state index contributed by atoms with van der Waals surface area (Å²) in [4.78, 5) is 11.7. The van der Waals surface area contributed by atoms with Crippen molar-refractivity contribution in [3.8, 4) is 0 Å². The number of ether oxygens (including phenoxy) is 2. The molecular formula is C12H21NO3. The van der Waals surface area contributed by atoms with E-state index in [4.69, 9.17) is 9.47 Å². The number of hydrogen-bond acceptors (Lipinski definition) is 4. The summed E-state index contributed by atoms with van der Waals surface area (Å²) in [5.74, 6) is 0.498. The molecule has 0 spiro atoms. The number of hydrogen-bond donors (Lipinski definition) is 1. The molecule has 0 amide bonds. The van der Waals surface area contributed by atoms with Crippen LogP contribution in [0.3, 0.4) is 0 Å². The Balaban J connectivity index is 1.80. The first-order valence-electron chi connectivity index (χ1n) is 6.08. The zero-order chi connectivity index (χ0) is 11.6. The smallest absolute Gasteiger partial charge is 0.328 e. The second-order valence-electron chi connectivity index (χ2n) is 5.20. The molecule has 0 aromatic carbocycles. The summed E-state index contributed by atoms with van der Waals surface area (Å²) in [7, 11) is 1.43. The van der Waals surface area contributed by atoms with Crippen LogP contribution in [0, 0.1) is 5.92 Å². The van der Waals surface area contributed by atoms with Gasteiger partial charge in [0, 0.05) is 12.6 Å². The van der Waals surface area contributed by atoms with Crippen LogP contribution in [-0.2, 0) is 14.3 Å². The number of esters is 1. The molecule has 2 saturated carbocycles. The Morgan fingerprint density at radius 3 is 2.56 bits per heavy atom. The Kier molecular flexibility index (Phi) is 3.50. The Hall–Kier alpha value is -0.610. The average molecular weight is 227 g/mol. The molecule has 0 bridgehead atoms. The van der Waals surface area contributed by atoms with Crippen LogP contribution in [0.4, 0.5) is 0 Å². The molecule has 0 heterocycles. The lowest BCUT2D eigenvalue weighted by molar-refractivity contribution is -0.150. The molecule has 2 aliphatic carbocycles. The molecule has 0 radical (unpaired) electrons. The van der Waals surface area contributed by atoms with Crippen LogP contribution in [0.5, 0.6) is 0 Å². The van der Waals surface area contributed by atoms with Gasteiger partial charge in [0.25, 0.3) is 0 Å². The van der Waals surface area contributed by atoms with Crippen molar-refractivity contribution in [2.24, 2.45) is 5.92 Å². The first kappa shape index (κ1) is 11.9. The summed E-state index contributed by atoms with van der Waals surface area (Å²) in [6.45, 7) is 3.05. The fraction of sp³-hybridized carbons (Fsp3) is 0.917. The molecule has 2 rings (SSSR count). The topological polar surface area (TPSA) is 47.6 Å². The lowest BCUT2D eigenvalue weighted by Crippen LogP contribution is -2.54. The molecule has 0 aliphatic heterocycles. The highest BCUT2D eigenvalue weighted by Gasteiger charge is 2.40. The van der Waals surface area contributed by atoms with Crippen LogP contribution < -0.4 is 5.32 Å².